The van der Waals surface area contributed by atoms with Crippen LogP contribution in [0.2, 0.25) is 10.0 Å². The van der Waals surface area contributed by atoms with Crippen LogP contribution in [0.25, 0.3) is 22.0 Å². The number of nitrogens with one attached hydrogen (secondary N) is 1. The van der Waals surface area contributed by atoms with Gasteiger partial charge in [0.2, 0.25) is 5.95 Å². The van der Waals surface area contributed by atoms with Crippen molar-refractivity contribution in [2.24, 2.45) is 0 Å². The molecule has 4 aromatic rings. The van der Waals surface area contributed by atoms with Gasteiger partial charge in [-0.25, -0.2) is 14.4 Å². The van der Waals surface area contributed by atoms with Crippen LogP contribution in [-0.2, 0) is 0 Å². The molecule has 5 nitrogen and oxygen atoms in total. The standard InChI is InChI=1S/C21H16Cl2FN5/c1-11(14-4-2-3-5-18(14)24)29-20-15-6-12(13-8-27-21(25)28-9-13)7-16(22)19(15)26-10-17(20)23/h2-11H,1H3,(H,26,29)(H2,25,27,28). The van der Waals surface area contributed by atoms with Crippen LogP contribution in [0.5, 0.6) is 0 Å². The van der Waals surface area contributed by atoms with Gasteiger partial charge >= 0.3 is 0 Å². The average Bonchev–Trinajstić information content (AvgIpc) is 2.71. The molecule has 29 heavy (non-hydrogen) atoms. The predicted octanol–water partition coefficient (Wildman–Crippen LogP) is 5.89. The maximum absolute atomic E-state index is 14.2. The smallest absolute Gasteiger partial charge is 0.219 e. The second-order valence-electron chi connectivity index (χ2n) is 6.55. The summed E-state index contributed by atoms with van der Waals surface area (Å²) in [7, 11) is 0. The van der Waals surface area contributed by atoms with Gasteiger partial charge in [-0.15, -0.1) is 0 Å². The van der Waals surface area contributed by atoms with Gasteiger partial charge < -0.3 is 11.1 Å². The first-order valence-electron chi connectivity index (χ1n) is 8.80. The Bertz CT molecular complexity index is 1200. The third-order valence-corrected chi connectivity index (χ3v) is 5.19. The molecule has 0 amide bonds. The van der Waals surface area contributed by atoms with Gasteiger partial charge in [0, 0.05) is 35.1 Å². The van der Waals surface area contributed by atoms with Gasteiger partial charge in [0.1, 0.15) is 5.82 Å². The third-order valence-electron chi connectivity index (χ3n) is 4.62. The topological polar surface area (TPSA) is 76.7 Å². The van der Waals surface area contributed by atoms with Crippen LogP contribution in [-0.4, -0.2) is 15.0 Å². The lowest BCUT2D eigenvalue weighted by molar-refractivity contribution is 0.600. The summed E-state index contributed by atoms with van der Waals surface area (Å²) < 4.78 is 14.2. The number of nitrogens with two attached hydrogens (primary N) is 1. The first-order valence-corrected chi connectivity index (χ1v) is 9.56. The SMILES string of the molecule is CC(Nc1c(Cl)cnc2c(Cl)cc(-c3cnc(N)nc3)cc12)c1ccccc1F. The van der Waals surface area contributed by atoms with Crippen molar-refractivity contribution in [2.45, 2.75) is 13.0 Å². The molecule has 0 saturated heterocycles. The number of hydrogen-bond donors (Lipinski definition) is 2. The zero-order valence-corrected chi connectivity index (χ0v) is 16.8. The molecule has 2 aromatic heterocycles. The van der Waals surface area contributed by atoms with Gasteiger partial charge in [0.05, 0.1) is 27.3 Å². The quantitative estimate of drug-likeness (QED) is 0.424. The van der Waals surface area contributed by atoms with E-state index in [9.17, 15) is 4.39 Å². The molecule has 0 bridgehead atoms. The molecule has 0 radical (unpaired) electrons. The summed E-state index contributed by atoms with van der Waals surface area (Å²) in [5.74, 6) is -0.105. The zero-order chi connectivity index (χ0) is 20.5. The largest absolute Gasteiger partial charge is 0.377 e. The van der Waals surface area contributed by atoms with Gasteiger partial charge in [-0.1, -0.05) is 41.4 Å². The summed E-state index contributed by atoms with van der Waals surface area (Å²) in [6, 6.07) is 9.95. The Morgan fingerprint density at radius 2 is 1.69 bits per heavy atom. The molecule has 1 atom stereocenters. The Morgan fingerprint density at radius 3 is 2.41 bits per heavy atom. The minimum Gasteiger partial charge on any atom is -0.377 e. The first-order chi connectivity index (χ1) is 13.9. The highest BCUT2D eigenvalue weighted by atomic mass is 35.5. The van der Waals surface area contributed by atoms with E-state index in [1.54, 1.807) is 36.7 Å². The van der Waals surface area contributed by atoms with Crippen LogP contribution in [0.1, 0.15) is 18.5 Å². The lowest BCUT2D eigenvalue weighted by Crippen LogP contribution is -2.09. The molecule has 2 heterocycles. The Kier molecular flexibility index (Phi) is 5.22. The first kappa shape index (κ1) is 19.4. The molecule has 146 valence electrons. The molecule has 8 heteroatoms. The van der Waals surface area contributed by atoms with Crippen LogP contribution >= 0.6 is 23.2 Å². The van der Waals surface area contributed by atoms with Crippen LogP contribution < -0.4 is 11.1 Å². The fraction of sp³-hybridized carbons (Fsp3) is 0.0952. The summed E-state index contributed by atoms with van der Waals surface area (Å²) in [5.41, 5.74) is 8.84. The highest BCUT2D eigenvalue weighted by molar-refractivity contribution is 6.38. The highest BCUT2D eigenvalue weighted by Gasteiger charge is 2.17. The van der Waals surface area contributed by atoms with E-state index in [1.807, 2.05) is 13.0 Å². The molecule has 0 saturated carbocycles. The lowest BCUT2D eigenvalue weighted by atomic mass is 10.0. The Hall–Kier alpha value is -2.96. The maximum atomic E-state index is 14.2. The normalized spacial score (nSPS) is 12.1. The summed E-state index contributed by atoms with van der Waals surface area (Å²) >= 11 is 12.9. The van der Waals surface area contributed by atoms with E-state index in [2.05, 4.69) is 20.3 Å². The van der Waals surface area contributed by atoms with E-state index in [4.69, 9.17) is 28.9 Å². The minimum absolute atomic E-state index is 0.186. The average molecular weight is 428 g/mol. The fourth-order valence-corrected chi connectivity index (χ4v) is 3.63. The van der Waals surface area contributed by atoms with Crippen LogP contribution in [0.15, 0.2) is 55.0 Å². The van der Waals surface area contributed by atoms with E-state index >= 15 is 0 Å². The molecule has 0 aliphatic carbocycles. The van der Waals surface area contributed by atoms with Crippen LogP contribution in [0, 0.1) is 5.82 Å². The molecular formula is C21H16Cl2FN5. The van der Waals surface area contributed by atoms with Crippen molar-refractivity contribution in [1.82, 2.24) is 15.0 Å². The van der Waals surface area contributed by atoms with Crippen molar-refractivity contribution in [3.8, 4) is 11.1 Å². The Morgan fingerprint density at radius 1 is 0.966 bits per heavy atom. The van der Waals surface area contributed by atoms with E-state index in [0.717, 1.165) is 11.1 Å². The monoisotopic (exact) mass is 427 g/mol. The van der Waals surface area contributed by atoms with E-state index in [0.29, 0.717) is 32.2 Å². The molecule has 3 N–H and O–H groups in total. The maximum Gasteiger partial charge on any atom is 0.219 e. The third kappa shape index (κ3) is 3.81. The lowest BCUT2D eigenvalue weighted by Gasteiger charge is -2.19. The van der Waals surface area contributed by atoms with Crippen molar-refractivity contribution in [2.75, 3.05) is 11.1 Å². The number of aromatic nitrogens is 3. The molecular weight excluding hydrogens is 412 g/mol. The number of rotatable bonds is 4. The number of fused-ring (bicyclic) bond motifs is 1. The molecule has 0 spiro atoms. The molecule has 4 rings (SSSR count). The number of halogens is 3. The molecule has 1 unspecified atom stereocenters. The molecule has 0 aliphatic heterocycles. The van der Waals surface area contributed by atoms with Crippen molar-refractivity contribution in [3.63, 3.8) is 0 Å². The second kappa shape index (κ2) is 7.81. The minimum atomic E-state index is -0.332. The summed E-state index contributed by atoms with van der Waals surface area (Å²) in [6.07, 6.45) is 4.76. The van der Waals surface area contributed by atoms with E-state index in [1.165, 1.54) is 12.3 Å². The van der Waals surface area contributed by atoms with Crippen molar-refractivity contribution in [1.29, 1.82) is 0 Å². The van der Waals surface area contributed by atoms with E-state index < -0.39 is 0 Å². The number of pyridine rings is 1. The van der Waals surface area contributed by atoms with Crippen molar-refractivity contribution < 1.29 is 4.39 Å². The summed E-state index contributed by atoms with van der Waals surface area (Å²) in [6.45, 7) is 1.86. The summed E-state index contributed by atoms with van der Waals surface area (Å²) in [5, 5.41) is 4.87. The van der Waals surface area contributed by atoms with Crippen molar-refractivity contribution >= 4 is 45.7 Å². The van der Waals surface area contributed by atoms with Gasteiger partial charge in [-0.05, 0) is 30.7 Å². The second-order valence-corrected chi connectivity index (χ2v) is 7.37. The van der Waals surface area contributed by atoms with Gasteiger partial charge in [-0.2, -0.15) is 0 Å². The number of anilines is 2. The fourth-order valence-electron chi connectivity index (χ4n) is 3.16. The van der Waals surface area contributed by atoms with Crippen LogP contribution in [0.3, 0.4) is 0 Å². The van der Waals surface area contributed by atoms with Crippen molar-refractivity contribution in [3.05, 3.63) is 76.4 Å². The zero-order valence-electron chi connectivity index (χ0n) is 15.3. The number of nitrogen functional groups attached to an aromatic ring is 1. The number of benzene rings is 2. The molecule has 0 aliphatic rings. The molecule has 2 aromatic carbocycles. The van der Waals surface area contributed by atoms with Gasteiger partial charge in [0.15, 0.2) is 0 Å². The molecule has 0 fully saturated rings. The van der Waals surface area contributed by atoms with Crippen LogP contribution in [0.4, 0.5) is 16.0 Å². The Labute approximate surface area is 176 Å². The van der Waals surface area contributed by atoms with Gasteiger partial charge in [-0.3, -0.25) is 4.98 Å². The number of nitrogens with zero attached hydrogens (tertiary/aromatic N) is 3. The summed E-state index contributed by atoms with van der Waals surface area (Å²) in [4.78, 5) is 12.4. The Balaban J connectivity index is 1.83. The highest BCUT2D eigenvalue weighted by Crippen LogP contribution is 2.38. The predicted molar refractivity (Wildman–Crippen MR) is 116 cm³/mol. The van der Waals surface area contributed by atoms with Gasteiger partial charge in [0.25, 0.3) is 0 Å². The van der Waals surface area contributed by atoms with E-state index in [-0.39, 0.29) is 17.8 Å². The number of hydrogen-bond acceptors (Lipinski definition) is 5.